The molecular weight excluding hydrogens is 270 g/mol. The second kappa shape index (κ2) is 5.26. The van der Waals surface area contributed by atoms with E-state index in [0.29, 0.717) is 24.4 Å². The van der Waals surface area contributed by atoms with E-state index in [0.717, 1.165) is 29.9 Å². The van der Waals surface area contributed by atoms with Crippen LogP contribution in [0.1, 0.15) is 61.8 Å². The van der Waals surface area contributed by atoms with Crippen LogP contribution >= 0.6 is 0 Å². The van der Waals surface area contributed by atoms with Crippen molar-refractivity contribution in [1.29, 1.82) is 0 Å². The first-order valence-corrected chi connectivity index (χ1v) is 7.36. The lowest BCUT2D eigenvalue weighted by Crippen LogP contribution is -2.22. The molecule has 1 aliphatic rings. The molecule has 1 fully saturated rings. The van der Waals surface area contributed by atoms with Crippen LogP contribution in [0.3, 0.4) is 0 Å². The van der Waals surface area contributed by atoms with Gasteiger partial charge in [0.15, 0.2) is 5.82 Å². The first-order valence-electron chi connectivity index (χ1n) is 7.36. The summed E-state index contributed by atoms with van der Waals surface area (Å²) in [7, 11) is 0. The SMILES string of the molecule is Cc1noc(C)c1C(C)(C)c1nc(COC2CCC2)no1. The molecule has 1 aliphatic carbocycles. The minimum atomic E-state index is -0.435. The van der Waals surface area contributed by atoms with Gasteiger partial charge in [0, 0.05) is 5.56 Å². The topological polar surface area (TPSA) is 74.2 Å². The maximum absolute atomic E-state index is 5.71. The van der Waals surface area contributed by atoms with Gasteiger partial charge in [0.1, 0.15) is 12.4 Å². The minimum Gasteiger partial charge on any atom is -0.370 e. The third-order valence-corrected chi connectivity index (χ3v) is 4.16. The number of rotatable bonds is 5. The van der Waals surface area contributed by atoms with Crippen LogP contribution in [0.2, 0.25) is 0 Å². The molecule has 0 atom stereocenters. The zero-order valence-electron chi connectivity index (χ0n) is 13.0. The van der Waals surface area contributed by atoms with E-state index in [2.05, 4.69) is 15.3 Å². The Labute approximate surface area is 123 Å². The van der Waals surface area contributed by atoms with Crippen LogP contribution < -0.4 is 0 Å². The van der Waals surface area contributed by atoms with Gasteiger partial charge in [-0.1, -0.05) is 10.3 Å². The molecule has 0 spiro atoms. The van der Waals surface area contributed by atoms with E-state index in [1.165, 1.54) is 6.42 Å². The summed E-state index contributed by atoms with van der Waals surface area (Å²) in [5, 5.41) is 8.02. The van der Waals surface area contributed by atoms with Crippen LogP contribution in [0.15, 0.2) is 9.05 Å². The summed E-state index contributed by atoms with van der Waals surface area (Å²) >= 11 is 0. The van der Waals surface area contributed by atoms with Crippen molar-refractivity contribution in [3.8, 4) is 0 Å². The van der Waals surface area contributed by atoms with Crippen LogP contribution in [-0.2, 0) is 16.8 Å². The molecule has 0 aromatic carbocycles. The highest BCUT2D eigenvalue weighted by Gasteiger charge is 2.35. The van der Waals surface area contributed by atoms with Crippen molar-refractivity contribution in [3.63, 3.8) is 0 Å². The van der Waals surface area contributed by atoms with E-state index in [4.69, 9.17) is 13.8 Å². The lowest BCUT2D eigenvalue weighted by molar-refractivity contribution is -0.0123. The summed E-state index contributed by atoms with van der Waals surface area (Å²) in [6.07, 6.45) is 3.88. The van der Waals surface area contributed by atoms with Gasteiger partial charge in [0.2, 0.25) is 5.89 Å². The third kappa shape index (κ3) is 2.60. The Morgan fingerprint density at radius 1 is 1.19 bits per heavy atom. The van der Waals surface area contributed by atoms with Gasteiger partial charge >= 0.3 is 0 Å². The van der Waals surface area contributed by atoms with Gasteiger partial charge in [0.05, 0.1) is 17.2 Å². The van der Waals surface area contributed by atoms with Crippen LogP contribution in [0, 0.1) is 13.8 Å². The summed E-state index contributed by atoms with van der Waals surface area (Å²) in [5.74, 6) is 1.93. The lowest BCUT2D eigenvalue weighted by Gasteiger charge is -2.24. The predicted molar refractivity (Wildman–Crippen MR) is 74.8 cm³/mol. The Kier molecular flexibility index (Phi) is 3.57. The fourth-order valence-corrected chi connectivity index (χ4v) is 2.78. The normalized spacial score (nSPS) is 16.2. The molecule has 0 aliphatic heterocycles. The zero-order chi connectivity index (χ0) is 15.0. The lowest BCUT2D eigenvalue weighted by atomic mass is 9.83. The van der Waals surface area contributed by atoms with E-state index >= 15 is 0 Å². The van der Waals surface area contributed by atoms with Crippen molar-refractivity contribution in [3.05, 3.63) is 28.7 Å². The highest BCUT2D eigenvalue weighted by atomic mass is 16.5. The van der Waals surface area contributed by atoms with Crippen molar-refractivity contribution < 1.29 is 13.8 Å². The van der Waals surface area contributed by atoms with Gasteiger partial charge in [-0.3, -0.25) is 0 Å². The average molecular weight is 291 g/mol. The summed E-state index contributed by atoms with van der Waals surface area (Å²) in [6, 6.07) is 0. The summed E-state index contributed by atoms with van der Waals surface area (Å²) < 4.78 is 16.4. The van der Waals surface area contributed by atoms with Crippen LogP contribution in [0.5, 0.6) is 0 Å². The van der Waals surface area contributed by atoms with Gasteiger partial charge in [-0.05, 0) is 47.0 Å². The fourth-order valence-electron chi connectivity index (χ4n) is 2.78. The molecule has 0 bridgehead atoms. The Bertz CT molecular complexity index is 606. The van der Waals surface area contributed by atoms with Crippen molar-refractivity contribution >= 4 is 0 Å². The molecule has 6 heteroatoms. The Morgan fingerprint density at radius 3 is 2.52 bits per heavy atom. The molecular formula is C15H21N3O3. The van der Waals surface area contributed by atoms with E-state index in [-0.39, 0.29) is 0 Å². The largest absolute Gasteiger partial charge is 0.370 e. The molecule has 0 radical (unpaired) electrons. The summed E-state index contributed by atoms with van der Waals surface area (Å²) in [6.45, 7) is 8.29. The van der Waals surface area contributed by atoms with Crippen molar-refractivity contribution in [1.82, 2.24) is 15.3 Å². The van der Waals surface area contributed by atoms with Gasteiger partial charge in [0.25, 0.3) is 0 Å². The first kappa shape index (κ1) is 14.3. The molecule has 0 amide bonds. The van der Waals surface area contributed by atoms with Gasteiger partial charge < -0.3 is 13.8 Å². The second-order valence-electron chi connectivity index (χ2n) is 6.20. The van der Waals surface area contributed by atoms with Crippen LogP contribution in [0.4, 0.5) is 0 Å². The molecule has 2 aromatic heterocycles. The number of nitrogens with zero attached hydrogens (tertiary/aromatic N) is 3. The maximum atomic E-state index is 5.71. The van der Waals surface area contributed by atoms with Crippen molar-refractivity contribution in [2.75, 3.05) is 0 Å². The maximum Gasteiger partial charge on any atom is 0.237 e. The van der Waals surface area contributed by atoms with Gasteiger partial charge in [-0.25, -0.2) is 0 Å². The highest BCUT2D eigenvalue weighted by Crippen LogP contribution is 2.34. The van der Waals surface area contributed by atoms with Crippen molar-refractivity contribution in [2.24, 2.45) is 0 Å². The number of hydrogen-bond acceptors (Lipinski definition) is 6. The molecule has 2 aromatic rings. The first-order chi connectivity index (χ1) is 9.98. The average Bonchev–Trinajstić information content (AvgIpc) is 2.95. The summed E-state index contributed by atoms with van der Waals surface area (Å²) in [4.78, 5) is 4.48. The highest BCUT2D eigenvalue weighted by molar-refractivity contribution is 5.34. The Balaban J connectivity index is 1.77. The monoisotopic (exact) mass is 291 g/mol. The number of ether oxygens (including phenoxy) is 1. The van der Waals surface area contributed by atoms with E-state index in [9.17, 15) is 0 Å². The molecule has 2 heterocycles. The fraction of sp³-hybridized carbons (Fsp3) is 0.667. The number of aromatic nitrogens is 3. The van der Waals surface area contributed by atoms with E-state index in [1.54, 1.807) is 0 Å². The number of aryl methyl sites for hydroxylation is 2. The molecule has 1 saturated carbocycles. The number of hydrogen-bond donors (Lipinski definition) is 0. The molecule has 0 saturated heterocycles. The molecule has 0 unspecified atom stereocenters. The van der Waals surface area contributed by atoms with Gasteiger partial charge in [-0.2, -0.15) is 4.98 Å². The summed E-state index contributed by atoms with van der Waals surface area (Å²) in [5.41, 5.74) is 1.41. The van der Waals surface area contributed by atoms with Gasteiger partial charge in [-0.15, -0.1) is 0 Å². The second-order valence-corrected chi connectivity index (χ2v) is 6.20. The molecule has 114 valence electrons. The quantitative estimate of drug-likeness (QED) is 0.842. The van der Waals surface area contributed by atoms with Crippen LogP contribution in [0.25, 0.3) is 0 Å². The Hall–Kier alpha value is -1.69. The van der Waals surface area contributed by atoms with E-state index in [1.807, 2.05) is 27.7 Å². The van der Waals surface area contributed by atoms with E-state index < -0.39 is 5.41 Å². The molecule has 6 nitrogen and oxygen atoms in total. The molecule has 0 N–H and O–H groups in total. The van der Waals surface area contributed by atoms with Crippen LogP contribution in [-0.4, -0.2) is 21.4 Å². The Morgan fingerprint density at radius 2 is 1.95 bits per heavy atom. The molecule has 3 rings (SSSR count). The minimum absolute atomic E-state index is 0.363. The van der Waals surface area contributed by atoms with Crippen molar-refractivity contribution in [2.45, 2.75) is 65.1 Å². The zero-order valence-corrected chi connectivity index (χ0v) is 13.0. The molecule has 21 heavy (non-hydrogen) atoms. The predicted octanol–water partition coefficient (Wildman–Crippen LogP) is 3.07. The third-order valence-electron chi connectivity index (χ3n) is 4.16. The standard InChI is InChI=1S/C15H21N3O3/c1-9-13(10(2)20-17-9)15(3,4)14-16-12(18-21-14)8-19-11-6-5-7-11/h11H,5-8H2,1-4H3. The smallest absolute Gasteiger partial charge is 0.237 e.